The molecule has 0 atom stereocenters. The average Bonchev–Trinajstić information content (AvgIpc) is 2.55. The van der Waals surface area contributed by atoms with Gasteiger partial charge in [0.15, 0.2) is 0 Å². The van der Waals surface area contributed by atoms with Crippen LogP contribution < -0.4 is 9.46 Å². The van der Waals surface area contributed by atoms with Gasteiger partial charge in [0, 0.05) is 13.1 Å². The molecule has 25 heavy (non-hydrogen) atoms. The maximum Gasteiger partial charge on any atom is 0.291 e. The molecule has 11 heteroatoms. The van der Waals surface area contributed by atoms with Crippen molar-refractivity contribution in [3.8, 4) is 5.75 Å². The van der Waals surface area contributed by atoms with Gasteiger partial charge in [-0.05, 0) is 32.0 Å². The van der Waals surface area contributed by atoms with Gasteiger partial charge in [0.25, 0.3) is 5.69 Å². The molecule has 1 saturated heterocycles. The molecule has 0 radical (unpaired) electrons. The highest BCUT2D eigenvalue weighted by atomic mass is 35.5. The van der Waals surface area contributed by atoms with E-state index in [1.807, 2.05) is 0 Å². The molecular weight excluding hydrogens is 393 g/mol. The number of likely N-dealkylation sites (tertiary alicyclic amines) is 1. The molecule has 0 spiro atoms. The summed E-state index contributed by atoms with van der Waals surface area (Å²) in [6.45, 7) is 2.80. The minimum Gasteiger partial charge on any atom is -0.495 e. The fourth-order valence-electron chi connectivity index (χ4n) is 2.63. The monoisotopic (exact) mass is 413 g/mol. The zero-order valence-corrected chi connectivity index (χ0v) is 16.1. The van der Waals surface area contributed by atoms with Gasteiger partial charge in [-0.1, -0.05) is 18.0 Å². The zero-order valence-electron chi connectivity index (χ0n) is 13.7. The topological polar surface area (TPSA) is 102 Å². The summed E-state index contributed by atoms with van der Waals surface area (Å²) < 4.78 is 32.4. The van der Waals surface area contributed by atoms with Crippen molar-refractivity contribution in [3.63, 3.8) is 0 Å². The maximum absolute atomic E-state index is 12.4. The van der Waals surface area contributed by atoms with E-state index in [4.69, 9.17) is 16.3 Å². The lowest BCUT2D eigenvalue weighted by Gasteiger charge is -2.26. The number of hydrogen-bond donors (Lipinski definition) is 1. The lowest BCUT2D eigenvalue weighted by Crippen LogP contribution is -2.37. The van der Waals surface area contributed by atoms with Crippen molar-refractivity contribution in [2.45, 2.75) is 24.2 Å². The van der Waals surface area contributed by atoms with Crippen molar-refractivity contribution in [3.05, 3.63) is 27.3 Å². The Morgan fingerprint density at radius 3 is 2.52 bits per heavy atom. The molecule has 142 valence electrons. The Morgan fingerprint density at radius 2 is 1.96 bits per heavy atom. The number of nitro groups is 1. The first-order chi connectivity index (χ1) is 11.3. The smallest absolute Gasteiger partial charge is 0.291 e. The molecule has 0 unspecified atom stereocenters. The third kappa shape index (κ3) is 5.68. The second kappa shape index (κ2) is 9.54. The number of nitrogens with zero attached hydrogens (tertiary/aromatic N) is 2. The maximum atomic E-state index is 12.4. The van der Waals surface area contributed by atoms with Gasteiger partial charge in [0.2, 0.25) is 10.0 Å². The lowest BCUT2D eigenvalue weighted by atomic mass is 10.1. The summed E-state index contributed by atoms with van der Waals surface area (Å²) in [6, 6.07) is 2.06. The second-order valence-electron chi connectivity index (χ2n) is 5.51. The molecule has 1 aliphatic heterocycles. The Labute approximate surface area is 158 Å². The fraction of sp³-hybridized carbons (Fsp3) is 0.571. The lowest BCUT2D eigenvalue weighted by molar-refractivity contribution is -0.384. The average molecular weight is 414 g/mol. The van der Waals surface area contributed by atoms with Gasteiger partial charge in [0.1, 0.15) is 15.7 Å². The molecule has 2 rings (SSSR count). The summed E-state index contributed by atoms with van der Waals surface area (Å²) in [5, 5.41) is 10.6. The number of nitro benzene ring substituents is 1. The van der Waals surface area contributed by atoms with E-state index in [0.717, 1.165) is 38.1 Å². The molecule has 1 N–H and O–H groups in total. The molecule has 0 aliphatic carbocycles. The van der Waals surface area contributed by atoms with Crippen LogP contribution in [-0.4, -0.2) is 51.5 Å². The van der Waals surface area contributed by atoms with Gasteiger partial charge in [-0.25, -0.2) is 13.1 Å². The van der Waals surface area contributed by atoms with Crippen molar-refractivity contribution in [1.29, 1.82) is 0 Å². The van der Waals surface area contributed by atoms with Gasteiger partial charge in [0.05, 0.1) is 18.1 Å². The van der Waals surface area contributed by atoms with E-state index < -0.39 is 20.6 Å². The Hall–Kier alpha value is -1.13. The summed E-state index contributed by atoms with van der Waals surface area (Å²) in [6.07, 6.45) is 3.46. The highest BCUT2D eigenvalue weighted by Gasteiger charge is 2.25. The Bertz CT molecular complexity index is 709. The SMILES string of the molecule is COc1cc([N+](=O)[O-])c(Cl)cc1S(=O)(=O)NCCN1CCCCC1.Cl. The minimum absolute atomic E-state index is 0. The summed E-state index contributed by atoms with van der Waals surface area (Å²) in [5.74, 6) is -0.114. The zero-order chi connectivity index (χ0) is 17.7. The number of piperidine rings is 1. The van der Waals surface area contributed by atoms with Crippen molar-refractivity contribution in [2.75, 3.05) is 33.3 Å². The first kappa shape index (κ1) is 21.9. The number of ether oxygens (including phenoxy) is 1. The van der Waals surface area contributed by atoms with E-state index in [1.54, 1.807) is 0 Å². The van der Waals surface area contributed by atoms with Crippen LogP contribution in [0.25, 0.3) is 0 Å². The molecule has 8 nitrogen and oxygen atoms in total. The fourth-order valence-corrected chi connectivity index (χ4v) is 4.13. The summed E-state index contributed by atoms with van der Waals surface area (Å²) >= 11 is 5.82. The van der Waals surface area contributed by atoms with Crippen LogP contribution in [0.1, 0.15) is 19.3 Å². The van der Waals surface area contributed by atoms with Crippen molar-refractivity contribution in [1.82, 2.24) is 9.62 Å². The predicted molar refractivity (Wildman–Crippen MR) is 97.4 cm³/mol. The van der Waals surface area contributed by atoms with E-state index in [0.29, 0.717) is 6.54 Å². The van der Waals surface area contributed by atoms with Gasteiger partial charge in [-0.2, -0.15) is 0 Å². The number of rotatable bonds is 7. The van der Waals surface area contributed by atoms with Crippen molar-refractivity contribution < 1.29 is 18.1 Å². The number of hydrogen-bond acceptors (Lipinski definition) is 6. The largest absolute Gasteiger partial charge is 0.495 e. The van der Waals surface area contributed by atoms with Crippen LogP contribution in [0.4, 0.5) is 5.69 Å². The molecule has 1 heterocycles. The molecule has 0 saturated carbocycles. The van der Waals surface area contributed by atoms with Crippen LogP contribution in [0.15, 0.2) is 17.0 Å². The predicted octanol–water partition coefficient (Wildman–Crippen LogP) is 2.44. The second-order valence-corrected chi connectivity index (χ2v) is 7.65. The number of nitrogens with one attached hydrogen (secondary N) is 1. The Kier molecular flexibility index (Phi) is 8.36. The van der Waals surface area contributed by atoms with Crippen molar-refractivity contribution >= 4 is 39.7 Å². The van der Waals surface area contributed by atoms with E-state index in [2.05, 4.69) is 9.62 Å². The van der Waals surface area contributed by atoms with E-state index in [9.17, 15) is 18.5 Å². The van der Waals surface area contributed by atoms with Gasteiger partial charge in [-0.3, -0.25) is 10.1 Å². The first-order valence-corrected chi connectivity index (χ1v) is 9.45. The highest BCUT2D eigenvalue weighted by Crippen LogP contribution is 2.34. The quantitative estimate of drug-likeness (QED) is 0.543. The van der Waals surface area contributed by atoms with Crippen LogP contribution in [0.5, 0.6) is 5.75 Å². The molecule has 0 aromatic heterocycles. The first-order valence-electron chi connectivity index (χ1n) is 7.59. The van der Waals surface area contributed by atoms with E-state index >= 15 is 0 Å². The molecule has 1 fully saturated rings. The van der Waals surface area contributed by atoms with Crippen LogP contribution in [-0.2, 0) is 10.0 Å². The van der Waals surface area contributed by atoms with Crippen LogP contribution in [0.2, 0.25) is 5.02 Å². The van der Waals surface area contributed by atoms with Crippen molar-refractivity contribution in [2.24, 2.45) is 0 Å². The van der Waals surface area contributed by atoms with E-state index in [1.165, 1.54) is 13.5 Å². The Morgan fingerprint density at radius 1 is 1.32 bits per heavy atom. The number of benzene rings is 1. The minimum atomic E-state index is -3.88. The molecule has 1 aromatic carbocycles. The number of sulfonamides is 1. The molecule has 0 bridgehead atoms. The summed E-state index contributed by atoms with van der Waals surface area (Å²) in [5.41, 5.74) is -0.402. The number of halogens is 2. The van der Waals surface area contributed by atoms with Crippen LogP contribution in [0, 0.1) is 10.1 Å². The molecular formula is C14H21Cl2N3O5S. The van der Waals surface area contributed by atoms with Gasteiger partial charge >= 0.3 is 0 Å². The van der Waals surface area contributed by atoms with Crippen LogP contribution in [0.3, 0.4) is 0 Å². The number of methoxy groups -OCH3 is 1. The third-order valence-corrected chi connectivity index (χ3v) is 5.67. The van der Waals surface area contributed by atoms with Gasteiger partial charge < -0.3 is 9.64 Å². The molecule has 0 amide bonds. The van der Waals surface area contributed by atoms with E-state index in [-0.39, 0.29) is 34.6 Å². The van der Waals surface area contributed by atoms with Gasteiger partial charge in [-0.15, -0.1) is 12.4 Å². The normalized spacial score (nSPS) is 15.4. The molecule has 1 aliphatic rings. The standard InChI is InChI=1S/C14H20ClN3O5S.ClH/c1-23-13-10-12(18(19)20)11(15)9-14(13)24(21,22)16-5-8-17-6-3-2-4-7-17;/h9-10,16H,2-8H2,1H3;1H. The Balaban J connectivity index is 0.00000312. The molecule has 1 aromatic rings. The summed E-state index contributed by atoms with van der Waals surface area (Å²) in [4.78, 5) is 12.2. The third-order valence-electron chi connectivity index (χ3n) is 3.89. The summed E-state index contributed by atoms with van der Waals surface area (Å²) in [7, 11) is -2.63. The highest BCUT2D eigenvalue weighted by molar-refractivity contribution is 7.89. The van der Waals surface area contributed by atoms with Crippen LogP contribution >= 0.6 is 24.0 Å².